The molecule has 0 saturated carbocycles. The van der Waals surface area contributed by atoms with E-state index < -0.39 is 29.1 Å². The van der Waals surface area contributed by atoms with Crippen LogP contribution in [0.4, 0.5) is 0 Å². The number of hydrogen-bond donors (Lipinski definition) is 1. The fourth-order valence-corrected chi connectivity index (χ4v) is 3.10. The fraction of sp³-hybridized carbons (Fsp3) is 0.833. The van der Waals surface area contributed by atoms with Gasteiger partial charge in [-0.25, -0.2) is 9.59 Å². The number of carbonyl (C=O) groups excluding carboxylic acids is 3. The molecule has 1 saturated heterocycles. The van der Waals surface area contributed by atoms with E-state index in [4.69, 9.17) is 9.47 Å². The average molecular weight is 356 g/mol. The molecule has 1 amide bonds. The molecule has 1 rings (SSSR count). The van der Waals surface area contributed by atoms with Gasteiger partial charge in [-0.1, -0.05) is 13.8 Å². The third-order valence-corrected chi connectivity index (χ3v) is 4.22. The predicted octanol–water partition coefficient (Wildman–Crippen LogP) is 1.50. The summed E-state index contributed by atoms with van der Waals surface area (Å²) in [5, 5.41) is 3.11. The van der Waals surface area contributed by atoms with Gasteiger partial charge in [0.2, 0.25) is 11.4 Å². The molecular weight excluding hydrogens is 324 g/mol. The van der Waals surface area contributed by atoms with Crippen LogP contribution in [0.2, 0.25) is 0 Å². The monoisotopic (exact) mass is 356 g/mol. The van der Waals surface area contributed by atoms with Gasteiger partial charge in [-0.2, -0.15) is 0 Å². The summed E-state index contributed by atoms with van der Waals surface area (Å²) in [6.45, 7) is 9.68. The molecule has 0 aromatic rings. The number of methoxy groups -OCH3 is 1. The smallest absolute Gasteiger partial charge is 0.344 e. The van der Waals surface area contributed by atoms with Crippen LogP contribution in [0.15, 0.2) is 0 Å². The van der Waals surface area contributed by atoms with Crippen LogP contribution in [0.5, 0.6) is 0 Å². The summed E-state index contributed by atoms with van der Waals surface area (Å²) in [5.41, 5.74) is -2.58. The first-order valence-corrected chi connectivity index (χ1v) is 8.78. The molecule has 144 valence electrons. The van der Waals surface area contributed by atoms with Crippen molar-refractivity contribution in [1.82, 2.24) is 10.2 Å². The highest BCUT2D eigenvalue weighted by atomic mass is 16.6. The zero-order chi connectivity index (χ0) is 19.4. The Kier molecular flexibility index (Phi) is 6.99. The van der Waals surface area contributed by atoms with E-state index in [2.05, 4.69) is 5.32 Å². The maximum absolute atomic E-state index is 13.0. The molecule has 2 atom stereocenters. The molecule has 0 bridgehead atoms. The van der Waals surface area contributed by atoms with Crippen molar-refractivity contribution in [3.63, 3.8) is 0 Å². The molecule has 25 heavy (non-hydrogen) atoms. The van der Waals surface area contributed by atoms with Gasteiger partial charge in [0.1, 0.15) is 5.60 Å². The Morgan fingerprint density at radius 1 is 1.20 bits per heavy atom. The highest BCUT2D eigenvalue weighted by molar-refractivity contribution is 6.08. The van der Waals surface area contributed by atoms with Crippen molar-refractivity contribution in [3.05, 3.63) is 0 Å². The molecule has 1 aliphatic heterocycles. The summed E-state index contributed by atoms with van der Waals surface area (Å²) in [7, 11) is 2.69. The standard InChI is InChI=1S/C18H32N2O5/c1-12(2)11-18(15(22)24-7,16(23)25-17(3,4)5)20(6)14(21)13-9-8-10-19-13/h12-13,19H,8-11H2,1-7H3/t13-,18-/m0/s1. The number of rotatable bonds is 6. The lowest BCUT2D eigenvalue weighted by molar-refractivity contribution is -0.185. The Morgan fingerprint density at radius 2 is 1.80 bits per heavy atom. The van der Waals surface area contributed by atoms with Crippen molar-refractivity contribution < 1.29 is 23.9 Å². The van der Waals surface area contributed by atoms with E-state index in [9.17, 15) is 14.4 Å². The third kappa shape index (κ3) is 4.93. The van der Waals surface area contributed by atoms with Crippen LogP contribution < -0.4 is 5.32 Å². The molecular formula is C18H32N2O5. The van der Waals surface area contributed by atoms with Crippen LogP contribution in [0.3, 0.4) is 0 Å². The molecule has 1 fully saturated rings. The zero-order valence-electron chi connectivity index (χ0n) is 16.5. The summed E-state index contributed by atoms with van der Waals surface area (Å²) in [6.07, 6.45) is 1.69. The summed E-state index contributed by atoms with van der Waals surface area (Å²) in [6, 6.07) is -0.399. The highest BCUT2D eigenvalue weighted by Crippen LogP contribution is 2.30. The van der Waals surface area contributed by atoms with Crippen molar-refractivity contribution in [2.24, 2.45) is 5.92 Å². The van der Waals surface area contributed by atoms with E-state index in [0.29, 0.717) is 6.42 Å². The van der Waals surface area contributed by atoms with Gasteiger partial charge in [-0.05, 0) is 52.5 Å². The maximum Gasteiger partial charge on any atom is 0.344 e. The first-order chi connectivity index (χ1) is 11.5. The Labute approximate surface area is 150 Å². The maximum atomic E-state index is 13.0. The third-order valence-electron chi connectivity index (χ3n) is 4.22. The predicted molar refractivity (Wildman–Crippen MR) is 93.8 cm³/mol. The molecule has 1 aliphatic rings. The zero-order valence-corrected chi connectivity index (χ0v) is 16.5. The lowest BCUT2D eigenvalue weighted by atomic mass is 9.86. The van der Waals surface area contributed by atoms with Crippen LogP contribution >= 0.6 is 0 Å². The Balaban J connectivity index is 3.33. The quantitative estimate of drug-likeness (QED) is 0.573. The molecule has 7 nitrogen and oxygen atoms in total. The molecule has 0 unspecified atom stereocenters. The largest absolute Gasteiger partial charge is 0.467 e. The van der Waals surface area contributed by atoms with Gasteiger partial charge in [-0.15, -0.1) is 0 Å². The topological polar surface area (TPSA) is 84.9 Å². The molecule has 7 heteroatoms. The van der Waals surface area contributed by atoms with Gasteiger partial charge < -0.3 is 19.7 Å². The molecule has 1 heterocycles. The van der Waals surface area contributed by atoms with Crippen molar-refractivity contribution in [1.29, 1.82) is 0 Å². The van der Waals surface area contributed by atoms with E-state index in [0.717, 1.165) is 13.0 Å². The number of nitrogens with one attached hydrogen (secondary N) is 1. The van der Waals surface area contributed by atoms with Crippen LogP contribution in [-0.4, -0.2) is 60.6 Å². The number of hydrogen-bond acceptors (Lipinski definition) is 6. The van der Waals surface area contributed by atoms with Gasteiger partial charge >= 0.3 is 11.9 Å². The van der Waals surface area contributed by atoms with Gasteiger partial charge in [0.05, 0.1) is 13.2 Å². The number of esters is 2. The fourth-order valence-electron chi connectivity index (χ4n) is 3.10. The van der Waals surface area contributed by atoms with E-state index in [1.807, 2.05) is 13.8 Å². The molecule has 0 spiro atoms. The average Bonchev–Trinajstić information content (AvgIpc) is 3.02. The van der Waals surface area contributed by atoms with Crippen LogP contribution in [-0.2, 0) is 23.9 Å². The minimum atomic E-state index is -1.79. The summed E-state index contributed by atoms with van der Waals surface area (Å²) in [4.78, 5) is 39.9. The molecule has 0 radical (unpaired) electrons. The van der Waals surface area contributed by atoms with Crippen molar-refractivity contribution in [2.75, 3.05) is 20.7 Å². The number of amides is 1. The Morgan fingerprint density at radius 3 is 2.20 bits per heavy atom. The van der Waals surface area contributed by atoms with Crippen molar-refractivity contribution in [3.8, 4) is 0 Å². The highest BCUT2D eigenvalue weighted by Gasteiger charge is 2.56. The molecule has 1 N–H and O–H groups in total. The van der Waals surface area contributed by atoms with E-state index in [1.165, 1.54) is 19.1 Å². The van der Waals surface area contributed by atoms with Gasteiger partial charge in [0.15, 0.2) is 0 Å². The molecule has 0 aliphatic carbocycles. The second-order valence-corrected chi connectivity index (χ2v) is 8.00. The minimum Gasteiger partial charge on any atom is -0.467 e. The van der Waals surface area contributed by atoms with Crippen molar-refractivity contribution in [2.45, 2.75) is 71.1 Å². The van der Waals surface area contributed by atoms with Gasteiger partial charge in [-0.3, -0.25) is 4.79 Å². The SMILES string of the molecule is COC(=O)[C@@](CC(C)C)(C(=O)OC(C)(C)C)N(C)C(=O)[C@@H]1CCCN1. The Hall–Kier alpha value is -1.63. The number of likely N-dealkylation sites (N-methyl/N-ethyl adjacent to an activating group) is 1. The lowest BCUT2D eigenvalue weighted by Gasteiger charge is -2.40. The summed E-state index contributed by atoms with van der Waals surface area (Å²) >= 11 is 0. The van der Waals surface area contributed by atoms with E-state index >= 15 is 0 Å². The van der Waals surface area contributed by atoms with Crippen LogP contribution in [0.25, 0.3) is 0 Å². The molecule has 0 aromatic heterocycles. The number of carbonyl (C=O) groups is 3. The van der Waals surface area contributed by atoms with Gasteiger partial charge in [0, 0.05) is 7.05 Å². The summed E-state index contributed by atoms with van der Waals surface area (Å²) < 4.78 is 10.4. The summed E-state index contributed by atoms with van der Waals surface area (Å²) in [5.74, 6) is -1.86. The first kappa shape index (κ1) is 21.4. The first-order valence-electron chi connectivity index (χ1n) is 8.78. The van der Waals surface area contributed by atoms with E-state index in [1.54, 1.807) is 20.8 Å². The van der Waals surface area contributed by atoms with Crippen LogP contribution in [0, 0.1) is 5.92 Å². The second-order valence-electron chi connectivity index (χ2n) is 8.00. The van der Waals surface area contributed by atoms with Crippen LogP contribution in [0.1, 0.15) is 53.9 Å². The number of nitrogens with zero attached hydrogens (tertiary/aromatic N) is 1. The van der Waals surface area contributed by atoms with E-state index in [-0.39, 0.29) is 18.2 Å². The normalized spacial score (nSPS) is 20.1. The second kappa shape index (κ2) is 8.17. The lowest BCUT2D eigenvalue weighted by Crippen LogP contribution is -2.65. The Bertz CT molecular complexity index is 506. The number of ether oxygens (including phenoxy) is 2. The minimum absolute atomic E-state index is 0.0293. The molecule has 0 aromatic carbocycles. The van der Waals surface area contributed by atoms with Gasteiger partial charge in [0.25, 0.3) is 0 Å². The van der Waals surface area contributed by atoms with Crippen molar-refractivity contribution >= 4 is 17.8 Å².